The van der Waals surface area contributed by atoms with Crippen LogP contribution in [0.25, 0.3) is 20.9 Å². The average Bonchev–Trinajstić information content (AvgIpc) is 3.10. The number of hydrogen-bond donors (Lipinski definition) is 0. The molecule has 2 aromatic heterocycles. The number of rotatable bonds is 6. The highest BCUT2D eigenvalue weighted by Gasteiger charge is 2.18. The lowest BCUT2D eigenvalue weighted by molar-refractivity contribution is 0.109. The number of hydrogen-bond acceptors (Lipinski definition) is 5. The van der Waals surface area contributed by atoms with Crippen molar-refractivity contribution in [3.8, 4) is 11.5 Å². The van der Waals surface area contributed by atoms with Crippen molar-refractivity contribution in [2.45, 2.75) is 13.2 Å². The summed E-state index contributed by atoms with van der Waals surface area (Å²) in [5, 5.41) is 2.99. The molecule has 132 valence electrons. The van der Waals surface area contributed by atoms with Gasteiger partial charge in [-0.1, -0.05) is 30.3 Å². The topological polar surface area (TPSA) is 40.6 Å². The standard InChI is InChI=1S/C21H19NO3S/c1-23-19-17-10-15(13-25-12-14-6-4-3-5-7-14)26-21(17)20(24-2)16-8-9-22-11-18(16)19/h3-11H,12-13H2,1-2H3. The maximum atomic E-state index is 5.90. The first kappa shape index (κ1) is 16.8. The molecule has 5 heteroatoms. The molecule has 0 atom stereocenters. The number of ether oxygens (including phenoxy) is 3. The molecule has 0 bridgehead atoms. The van der Waals surface area contributed by atoms with E-state index < -0.39 is 0 Å². The van der Waals surface area contributed by atoms with Crippen LogP contribution in [0.1, 0.15) is 10.4 Å². The van der Waals surface area contributed by atoms with Gasteiger partial charge in [0.2, 0.25) is 0 Å². The molecule has 0 unspecified atom stereocenters. The Morgan fingerprint density at radius 1 is 0.885 bits per heavy atom. The van der Waals surface area contributed by atoms with Crippen molar-refractivity contribution in [1.29, 1.82) is 0 Å². The summed E-state index contributed by atoms with van der Waals surface area (Å²) in [5.41, 5.74) is 1.17. The van der Waals surface area contributed by atoms with Crippen molar-refractivity contribution < 1.29 is 14.2 Å². The molecular formula is C21H19NO3S. The van der Waals surface area contributed by atoms with Gasteiger partial charge in [-0.3, -0.25) is 4.98 Å². The fourth-order valence-corrected chi connectivity index (χ4v) is 4.29. The van der Waals surface area contributed by atoms with Crippen LogP contribution in [0.4, 0.5) is 0 Å². The van der Waals surface area contributed by atoms with E-state index in [1.807, 2.05) is 30.5 Å². The summed E-state index contributed by atoms with van der Waals surface area (Å²) < 4.78 is 18.4. The molecule has 4 rings (SSSR count). The predicted molar refractivity (Wildman–Crippen MR) is 105 cm³/mol. The van der Waals surface area contributed by atoms with Crippen molar-refractivity contribution in [3.05, 3.63) is 65.3 Å². The highest BCUT2D eigenvalue weighted by atomic mass is 32.1. The van der Waals surface area contributed by atoms with Gasteiger partial charge in [-0.15, -0.1) is 11.3 Å². The van der Waals surface area contributed by atoms with Gasteiger partial charge in [0.1, 0.15) is 11.5 Å². The summed E-state index contributed by atoms with van der Waals surface area (Å²) in [6, 6.07) is 14.3. The second-order valence-corrected chi connectivity index (χ2v) is 7.06. The van der Waals surface area contributed by atoms with E-state index in [2.05, 4.69) is 23.2 Å². The van der Waals surface area contributed by atoms with Crippen LogP contribution in [0.2, 0.25) is 0 Å². The first-order valence-electron chi connectivity index (χ1n) is 8.33. The van der Waals surface area contributed by atoms with Crippen LogP contribution in [0, 0.1) is 0 Å². The Morgan fingerprint density at radius 2 is 1.69 bits per heavy atom. The van der Waals surface area contributed by atoms with E-state index in [4.69, 9.17) is 14.2 Å². The maximum Gasteiger partial charge on any atom is 0.144 e. The van der Waals surface area contributed by atoms with Crippen LogP contribution < -0.4 is 9.47 Å². The third-order valence-corrected chi connectivity index (χ3v) is 5.42. The minimum atomic E-state index is 0.551. The molecule has 0 aliphatic carbocycles. The molecule has 0 radical (unpaired) electrons. The Morgan fingerprint density at radius 3 is 2.46 bits per heavy atom. The van der Waals surface area contributed by atoms with Gasteiger partial charge >= 0.3 is 0 Å². The summed E-state index contributed by atoms with van der Waals surface area (Å²) in [6.07, 6.45) is 3.59. The van der Waals surface area contributed by atoms with Gasteiger partial charge in [-0.05, 0) is 17.7 Å². The first-order chi connectivity index (χ1) is 12.8. The normalized spacial score (nSPS) is 11.2. The van der Waals surface area contributed by atoms with E-state index in [0.717, 1.165) is 37.2 Å². The SMILES string of the molecule is COc1c2cnccc2c(OC)c2sc(COCc3ccccc3)cc12. The number of nitrogens with zero attached hydrogens (tertiary/aromatic N) is 1. The lowest BCUT2D eigenvalue weighted by Gasteiger charge is -2.11. The monoisotopic (exact) mass is 365 g/mol. The fraction of sp³-hybridized carbons (Fsp3) is 0.190. The van der Waals surface area contributed by atoms with Gasteiger partial charge in [-0.25, -0.2) is 0 Å². The van der Waals surface area contributed by atoms with Crippen LogP contribution in [0.5, 0.6) is 11.5 Å². The molecule has 2 heterocycles. The summed E-state index contributed by atoms with van der Waals surface area (Å²) in [4.78, 5) is 5.37. The summed E-state index contributed by atoms with van der Waals surface area (Å²) in [5.74, 6) is 1.69. The lowest BCUT2D eigenvalue weighted by atomic mass is 10.1. The molecule has 0 saturated heterocycles. The molecular weight excluding hydrogens is 346 g/mol. The van der Waals surface area contributed by atoms with Gasteiger partial charge < -0.3 is 14.2 Å². The summed E-state index contributed by atoms with van der Waals surface area (Å²) in [7, 11) is 3.39. The molecule has 0 N–H and O–H groups in total. The van der Waals surface area contributed by atoms with Crippen LogP contribution >= 0.6 is 11.3 Å². The smallest absolute Gasteiger partial charge is 0.144 e. The van der Waals surface area contributed by atoms with Crippen molar-refractivity contribution in [2.75, 3.05) is 14.2 Å². The third kappa shape index (κ3) is 3.00. The number of fused-ring (bicyclic) bond motifs is 2. The van der Waals surface area contributed by atoms with Crippen LogP contribution in [0.15, 0.2) is 54.9 Å². The third-order valence-electron chi connectivity index (χ3n) is 4.31. The quantitative estimate of drug-likeness (QED) is 0.472. The first-order valence-corrected chi connectivity index (χ1v) is 9.15. The molecule has 4 aromatic rings. The van der Waals surface area contributed by atoms with Gasteiger partial charge in [0.25, 0.3) is 0 Å². The highest BCUT2D eigenvalue weighted by Crippen LogP contribution is 2.46. The van der Waals surface area contributed by atoms with Crippen LogP contribution in [-0.4, -0.2) is 19.2 Å². The van der Waals surface area contributed by atoms with E-state index in [0.29, 0.717) is 13.2 Å². The molecule has 2 aromatic carbocycles. The van der Waals surface area contributed by atoms with Crippen molar-refractivity contribution in [2.24, 2.45) is 0 Å². The Balaban J connectivity index is 1.70. The van der Waals surface area contributed by atoms with Crippen LogP contribution in [0.3, 0.4) is 0 Å². The average molecular weight is 365 g/mol. The molecule has 0 amide bonds. The zero-order chi connectivity index (χ0) is 17.9. The second kappa shape index (κ2) is 7.32. The number of pyridine rings is 1. The number of benzene rings is 2. The van der Waals surface area contributed by atoms with E-state index >= 15 is 0 Å². The largest absolute Gasteiger partial charge is 0.495 e. The van der Waals surface area contributed by atoms with Crippen molar-refractivity contribution >= 4 is 32.2 Å². The number of methoxy groups -OCH3 is 2. The molecule has 0 fully saturated rings. The molecule has 0 aliphatic rings. The minimum absolute atomic E-state index is 0.551. The van der Waals surface area contributed by atoms with Crippen molar-refractivity contribution in [3.63, 3.8) is 0 Å². The molecule has 0 aliphatic heterocycles. The lowest BCUT2D eigenvalue weighted by Crippen LogP contribution is -1.91. The van der Waals surface area contributed by atoms with Crippen LogP contribution in [-0.2, 0) is 18.0 Å². The van der Waals surface area contributed by atoms with Gasteiger partial charge in [-0.2, -0.15) is 0 Å². The van der Waals surface area contributed by atoms with Gasteiger partial charge in [0, 0.05) is 33.4 Å². The highest BCUT2D eigenvalue weighted by molar-refractivity contribution is 7.19. The van der Waals surface area contributed by atoms with Gasteiger partial charge in [0.15, 0.2) is 0 Å². The predicted octanol–water partition coefficient (Wildman–Crippen LogP) is 5.18. The fourth-order valence-electron chi connectivity index (χ4n) is 3.16. The Labute approximate surface area is 156 Å². The molecule has 26 heavy (non-hydrogen) atoms. The van der Waals surface area contributed by atoms with E-state index in [-0.39, 0.29) is 0 Å². The zero-order valence-electron chi connectivity index (χ0n) is 14.7. The Kier molecular flexibility index (Phi) is 4.73. The Bertz CT molecular complexity index is 983. The number of aromatic nitrogens is 1. The zero-order valence-corrected chi connectivity index (χ0v) is 15.5. The molecule has 4 nitrogen and oxygen atoms in total. The maximum absolute atomic E-state index is 5.90. The molecule has 0 saturated carbocycles. The molecule has 0 spiro atoms. The second-order valence-electron chi connectivity index (χ2n) is 5.92. The van der Waals surface area contributed by atoms with Crippen molar-refractivity contribution in [1.82, 2.24) is 4.98 Å². The summed E-state index contributed by atoms with van der Waals surface area (Å²) >= 11 is 1.68. The number of thiophene rings is 1. The van der Waals surface area contributed by atoms with E-state index in [1.54, 1.807) is 31.8 Å². The van der Waals surface area contributed by atoms with Gasteiger partial charge in [0.05, 0.1) is 32.1 Å². The van der Waals surface area contributed by atoms with E-state index in [1.165, 1.54) is 5.56 Å². The Hall–Kier alpha value is -2.63. The van der Waals surface area contributed by atoms with E-state index in [9.17, 15) is 0 Å². The summed E-state index contributed by atoms with van der Waals surface area (Å²) in [6.45, 7) is 1.14. The minimum Gasteiger partial charge on any atom is -0.495 e.